The van der Waals surface area contributed by atoms with E-state index in [-0.39, 0.29) is 16.9 Å². The van der Waals surface area contributed by atoms with Gasteiger partial charge < -0.3 is 27.4 Å². The van der Waals surface area contributed by atoms with Gasteiger partial charge in [0, 0.05) is 11.8 Å². The van der Waals surface area contributed by atoms with E-state index < -0.39 is 18.1 Å². The third-order valence-electron chi connectivity index (χ3n) is 1.96. The average molecular weight is 212 g/mol. The van der Waals surface area contributed by atoms with Gasteiger partial charge in [-0.3, -0.25) is 9.78 Å². The van der Waals surface area contributed by atoms with Crippen LogP contribution in [-0.4, -0.2) is 27.2 Å². The maximum atomic E-state index is 10.6. The van der Waals surface area contributed by atoms with Crippen molar-refractivity contribution in [3.63, 3.8) is 0 Å². The van der Waals surface area contributed by atoms with Gasteiger partial charge in [0.25, 0.3) is 0 Å². The summed E-state index contributed by atoms with van der Waals surface area (Å²) in [6, 6.07) is 0. The second kappa shape index (κ2) is 4.11. The van der Waals surface area contributed by atoms with E-state index in [0.29, 0.717) is 0 Å². The van der Waals surface area contributed by atoms with Gasteiger partial charge in [-0.1, -0.05) is 0 Å². The van der Waals surface area contributed by atoms with E-state index >= 15 is 0 Å². The van der Waals surface area contributed by atoms with Crippen molar-refractivity contribution in [1.29, 1.82) is 0 Å². The molecule has 1 rings (SSSR count). The fraction of sp³-hybridized carbons (Fsp3) is 0.250. The van der Waals surface area contributed by atoms with Crippen molar-refractivity contribution in [2.75, 3.05) is 11.5 Å². The predicted molar refractivity (Wildman–Crippen MR) is 53.2 cm³/mol. The van der Waals surface area contributed by atoms with Crippen molar-refractivity contribution in [1.82, 2.24) is 4.98 Å². The number of aromatic nitrogens is 1. The Hall–Kier alpha value is -1.86. The molecule has 0 saturated heterocycles. The molecule has 0 fully saturated rings. The smallest absolute Gasteiger partial charge is 0.249 e. The molecule has 0 radical (unpaired) electrons. The van der Waals surface area contributed by atoms with E-state index in [4.69, 9.17) is 17.2 Å². The summed E-state index contributed by atoms with van der Waals surface area (Å²) in [7, 11) is 0. The Balaban J connectivity index is 3.06. The Morgan fingerprint density at radius 2 is 1.93 bits per heavy atom. The number of nitrogen functional groups attached to an aromatic ring is 2. The van der Waals surface area contributed by atoms with Gasteiger partial charge in [0.15, 0.2) is 6.10 Å². The highest BCUT2D eigenvalue weighted by Gasteiger charge is 2.25. The fourth-order valence-corrected chi connectivity index (χ4v) is 1.06. The van der Waals surface area contributed by atoms with Crippen LogP contribution >= 0.6 is 0 Å². The van der Waals surface area contributed by atoms with Crippen molar-refractivity contribution in [3.05, 3.63) is 18.0 Å². The molecule has 0 aliphatic carbocycles. The van der Waals surface area contributed by atoms with Gasteiger partial charge in [-0.2, -0.15) is 0 Å². The number of carbonyl (C=O) groups is 1. The highest BCUT2D eigenvalue weighted by molar-refractivity contribution is 5.80. The summed E-state index contributed by atoms with van der Waals surface area (Å²) < 4.78 is 0. The van der Waals surface area contributed by atoms with E-state index in [9.17, 15) is 15.0 Å². The van der Waals surface area contributed by atoms with E-state index in [1.165, 1.54) is 12.4 Å². The number of rotatable bonds is 3. The summed E-state index contributed by atoms with van der Waals surface area (Å²) in [5.74, 6) is -1.05. The minimum absolute atomic E-state index is 0.0674. The normalized spacial score (nSPS) is 14.5. The first-order valence-corrected chi connectivity index (χ1v) is 4.09. The first kappa shape index (κ1) is 11.2. The molecule has 82 valence electrons. The van der Waals surface area contributed by atoms with E-state index in [1.807, 2.05) is 0 Å². The number of anilines is 2. The Kier molecular flexibility index (Phi) is 3.08. The van der Waals surface area contributed by atoms with Crippen molar-refractivity contribution < 1.29 is 15.0 Å². The molecule has 0 aliphatic rings. The highest BCUT2D eigenvalue weighted by atomic mass is 16.3. The van der Waals surface area contributed by atoms with Crippen molar-refractivity contribution in [2.45, 2.75) is 12.2 Å². The lowest BCUT2D eigenvalue weighted by Crippen LogP contribution is -2.34. The maximum absolute atomic E-state index is 10.6. The van der Waals surface area contributed by atoms with Gasteiger partial charge in [-0.05, 0) is 0 Å². The number of primary amides is 1. The van der Waals surface area contributed by atoms with Gasteiger partial charge >= 0.3 is 0 Å². The largest absolute Gasteiger partial charge is 0.397 e. The van der Waals surface area contributed by atoms with Crippen LogP contribution in [0.4, 0.5) is 11.4 Å². The zero-order valence-electron chi connectivity index (χ0n) is 7.79. The second-order valence-electron chi connectivity index (χ2n) is 3.02. The van der Waals surface area contributed by atoms with Gasteiger partial charge in [0.2, 0.25) is 5.91 Å². The molecule has 0 spiro atoms. The quantitative estimate of drug-likeness (QED) is 0.396. The zero-order chi connectivity index (χ0) is 11.6. The summed E-state index contributed by atoms with van der Waals surface area (Å²) in [6.45, 7) is 0. The van der Waals surface area contributed by atoms with E-state index in [0.717, 1.165) is 0 Å². The van der Waals surface area contributed by atoms with Crippen LogP contribution in [0.25, 0.3) is 0 Å². The highest BCUT2D eigenvalue weighted by Crippen LogP contribution is 2.26. The molecule has 8 N–H and O–H groups in total. The monoisotopic (exact) mass is 212 g/mol. The molecule has 2 unspecified atom stereocenters. The molecule has 0 aliphatic heterocycles. The number of aliphatic hydroxyl groups excluding tert-OH is 2. The molecule has 15 heavy (non-hydrogen) atoms. The number of hydrogen-bond donors (Lipinski definition) is 5. The number of nitrogens with two attached hydrogens (primary N) is 3. The molecule has 0 aromatic carbocycles. The number of nitrogens with zero attached hydrogens (tertiary/aromatic N) is 1. The number of amides is 1. The van der Waals surface area contributed by atoms with Gasteiger partial charge in [-0.25, -0.2) is 0 Å². The summed E-state index contributed by atoms with van der Waals surface area (Å²) in [6.07, 6.45) is -0.764. The minimum Gasteiger partial charge on any atom is -0.397 e. The van der Waals surface area contributed by atoms with Crippen LogP contribution in [0.2, 0.25) is 0 Å². The van der Waals surface area contributed by atoms with Crippen LogP contribution in [0, 0.1) is 0 Å². The third-order valence-corrected chi connectivity index (χ3v) is 1.96. The lowest BCUT2D eigenvalue weighted by molar-refractivity contribution is -0.131. The average Bonchev–Trinajstić information content (AvgIpc) is 2.20. The Bertz CT molecular complexity index is 382. The maximum Gasteiger partial charge on any atom is 0.249 e. The van der Waals surface area contributed by atoms with E-state index in [1.54, 1.807) is 0 Å². The minimum atomic E-state index is -1.74. The summed E-state index contributed by atoms with van der Waals surface area (Å²) >= 11 is 0. The van der Waals surface area contributed by atoms with Gasteiger partial charge in [-0.15, -0.1) is 0 Å². The first-order valence-electron chi connectivity index (χ1n) is 4.09. The summed E-state index contributed by atoms with van der Waals surface area (Å²) in [5, 5.41) is 18.8. The lowest BCUT2D eigenvalue weighted by Gasteiger charge is -2.17. The summed E-state index contributed by atoms with van der Waals surface area (Å²) in [5.41, 5.74) is 16.1. The molecule has 1 aromatic rings. The first-order chi connectivity index (χ1) is 6.95. The number of hydrogen-bond acceptors (Lipinski definition) is 6. The van der Waals surface area contributed by atoms with Crippen LogP contribution in [0.3, 0.4) is 0 Å². The molecule has 1 aromatic heterocycles. The Morgan fingerprint density at radius 3 is 2.47 bits per heavy atom. The van der Waals surface area contributed by atoms with Crippen molar-refractivity contribution in [3.8, 4) is 0 Å². The van der Waals surface area contributed by atoms with Gasteiger partial charge in [0.05, 0.1) is 17.6 Å². The van der Waals surface area contributed by atoms with Crippen molar-refractivity contribution in [2.24, 2.45) is 5.73 Å². The topological polar surface area (TPSA) is 148 Å². The van der Waals surface area contributed by atoms with Gasteiger partial charge in [0.1, 0.15) is 6.10 Å². The number of pyridine rings is 1. The molecule has 1 amide bonds. The SMILES string of the molecule is NC(=O)C(O)C(O)c1cncc(N)c1N. The Morgan fingerprint density at radius 1 is 1.33 bits per heavy atom. The molecule has 7 heteroatoms. The standard InChI is InChI=1S/C8H12N4O3/c9-4-2-12-1-3(5(4)10)6(13)7(14)8(11)15/h1-2,6-7,13-14H,9H2,(H2,10,12)(H2,11,15). The van der Waals surface area contributed by atoms with Crippen LogP contribution in [-0.2, 0) is 4.79 Å². The predicted octanol–water partition coefficient (Wildman–Crippen LogP) is -1.87. The van der Waals surface area contributed by atoms with Crippen molar-refractivity contribution >= 4 is 17.3 Å². The van der Waals surface area contributed by atoms with Crippen LogP contribution < -0.4 is 17.2 Å². The molecule has 0 bridgehead atoms. The fourth-order valence-electron chi connectivity index (χ4n) is 1.06. The number of aliphatic hydroxyl groups is 2. The van der Waals surface area contributed by atoms with Crippen LogP contribution in [0.5, 0.6) is 0 Å². The van der Waals surface area contributed by atoms with Crippen LogP contribution in [0.15, 0.2) is 12.4 Å². The Labute approximate surface area is 85.5 Å². The number of carbonyl (C=O) groups excluding carboxylic acids is 1. The second-order valence-corrected chi connectivity index (χ2v) is 3.02. The molecule has 1 heterocycles. The molecule has 2 atom stereocenters. The third kappa shape index (κ3) is 2.14. The van der Waals surface area contributed by atoms with E-state index in [2.05, 4.69) is 4.98 Å². The molecular formula is C8H12N4O3. The summed E-state index contributed by atoms with van der Waals surface area (Å²) in [4.78, 5) is 14.3. The lowest BCUT2D eigenvalue weighted by atomic mass is 10.0. The molecular weight excluding hydrogens is 200 g/mol. The molecule has 7 nitrogen and oxygen atoms in total. The molecule has 0 saturated carbocycles. The van der Waals surface area contributed by atoms with Crippen LogP contribution in [0.1, 0.15) is 11.7 Å². The zero-order valence-corrected chi connectivity index (χ0v) is 7.79.